The molecule has 4 heterocycles. The van der Waals surface area contributed by atoms with Crippen LogP contribution in [-0.4, -0.2) is 91.7 Å². The molecule has 2 aromatic rings. The number of aromatic nitrogens is 1. The summed E-state index contributed by atoms with van der Waals surface area (Å²) in [4.78, 5) is 44.9. The van der Waals surface area contributed by atoms with Gasteiger partial charge in [0, 0.05) is 76.9 Å². The number of nitrogens with one attached hydrogen (secondary N) is 1. The Labute approximate surface area is 294 Å². The lowest BCUT2D eigenvalue weighted by atomic mass is 9.76. The van der Waals surface area contributed by atoms with Crippen molar-refractivity contribution in [2.75, 3.05) is 40.8 Å². The highest BCUT2D eigenvalue weighted by Crippen LogP contribution is 2.55. The van der Waals surface area contributed by atoms with E-state index in [1.807, 2.05) is 22.0 Å². The molecule has 11 nitrogen and oxygen atoms in total. The average molecular weight is 702 g/mol. The Bertz CT molecular complexity index is 2000. The normalized spacial score (nSPS) is 27.1. The first-order chi connectivity index (χ1) is 24.0. The van der Waals surface area contributed by atoms with Gasteiger partial charge in [-0.05, 0) is 60.8 Å². The minimum absolute atomic E-state index is 0.0386. The molecular weight excluding hydrogens is 655 g/mol. The maximum Gasteiger partial charge on any atom is 0.303 e. The molecule has 3 aliphatic heterocycles. The van der Waals surface area contributed by atoms with Crippen LogP contribution >= 0.6 is 0 Å². The van der Waals surface area contributed by atoms with Gasteiger partial charge in [0.1, 0.15) is 0 Å². The van der Waals surface area contributed by atoms with Crippen LogP contribution in [0.3, 0.4) is 0 Å². The van der Waals surface area contributed by atoms with Crippen LogP contribution in [0, 0.1) is 11.8 Å². The number of nitrogens with zero attached hydrogens (tertiary/aromatic N) is 4. The number of benzene rings is 1. The second kappa shape index (κ2) is 12.2. The first-order valence-electron chi connectivity index (χ1n) is 18.1. The summed E-state index contributed by atoms with van der Waals surface area (Å²) in [7, 11) is 0.560. The van der Waals surface area contributed by atoms with Crippen LogP contribution < -0.4 is 4.72 Å². The summed E-state index contributed by atoms with van der Waals surface area (Å²) in [6.07, 6.45) is 11.7. The summed E-state index contributed by atoms with van der Waals surface area (Å²) in [5.74, 6) is -1.01. The number of fused-ring (bicyclic) bond motifs is 7. The zero-order chi connectivity index (χ0) is 35.1. The van der Waals surface area contributed by atoms with Gasteiger partial charge in [-0.1, -0.05) is 49.6 Å². The van der Waals surface area contributed by atoms with Crippen LogP contribution in [0.4, 0.5) is 0 Å². The largest absolute Gasteiger partial charge is 0.373 e. The molecule has 0 spiro atoms. The number of para-hydroxylation sites is 1. The van der Waals surface area contributed by atoms with Crippen LogP contribution in [0.2, 0.25) is 0 Å². The lowest BCUT2D eigenvalue weighted by Gasteiger charge is -2.37. The lowest BCUT2D eigenvalue weighted by Crippen LogP contribution is -2.47. The van der Waals surface area contributed by atoms with E-state index in [4.69, 9.17) is 4.74 Å². The summed E-state index contributed by atoms with van der Waals surface area (Å²) in [6, 6.07) is 8.63. The van der Waals surface area contributed by atoms with Crippen molar-refractivity contribution in [2.45, 2.75) is 82.4 Å². The summed E-state index contributed by atoms with van der Waals surface area (Å²) in [5, 5.41) is 1.06. The second-order valence-electron chi connectivity index (χ2n) is 15.2. The van der Waals surface area contributed by atoms with E-state index in [-0.39, 0.29) is 29.7 Å². The molecule has 3 amide bonds. The molecule has 2 saturated heterocycles. The number of rotatable bonds is 6. The van der Waals surface area contributed by atoms with Gasteiger partial charge in [0.2, 0.25) is 11.8 Å². The quantitative estimate of drug-likeness (QED) is 0.484. The van der Waals surface area contributed by atoms with Crippen LogP contribution in [0.5, 0.6) is 0 Å². The fourth-order valence-electron chi connectivity index (χ4n) is 9.85. The SMILES string of the molecule is COC1(c2cccc3cc4n(c23)CC2=C(C(=O)NS(=O)(=O)N(C)C)C2=C2C=CC[C@@H](C(=O)N3CC5CCCN(C(C)=O)C5C3)C24)CCCCC1. The Kier molecular flexibility index (Phi) is 8.15. The van der Waals surface area contributed by atoms with Crippen molar-refractivity contribution in [3.63, 3.8) is 0 Å². The van der Waals surface area contributed by atoms with Crippen molar-refractivity contribution in [2.24, 2.45) is 11.8 Å². The van der Waals surface area contributed by atoms with Crippen molar-refractivity contribution < 1.29 is 27.5 Å². The average Bonchev–Trinajstić information content (AvgIpc) is 3.50. The monoisotopic (exact) mass is 701 g/mol. The van der Waals surface area contributed by atoms with Crippen molar-refractivity contribution >= 4 is 38.8 Å². The van der Waals surface area contributed by atoms with Gasteiger partial charge in [-0.15, -0.1) is 0 Å². The molecule has 0 bridgehead atoms. The molecule has 6 aliphatic rings. The summed E-state index contributed by atoms with van der Waals surface area (Å²) < 4.78 is 37.4. The number of amides is 3. The third kappa shape index (κ3) is 5.20. The van der Waals surface area contributed by atoms with Crippen molar-refractivity contribution in [1.82, 2.24) is 23.4 Å². The molecule has 1 aromatic heterocycles. The van der Waals surface area contributed by atoms with Crippen LogP contribution in [-0.2, 0) is 41.5 Å². The maximum absolute atomic E-state index is 14.8. The summed E-state index contributed by atoms with van der Waals surface area (Å²) in [6.45, 7) is 3.92. The molecule has 1 saturated carbocycles. The predicted molar refractivity (Wildman–Crippen MR) is 189 cm³/mol. The molecule has 266 valence electrons. The molecule has 8 rings (SSSR count). The van der Waals surface area contributed by atoms with Crippen molar-refractivity contribution in [3.8, 4) is 0 Å². The Morgan fingerprint density at radius 2 is 1.84 bits per heavy atom. The van der Waals surface area contributed by atoms with Crippen LogP contribution in [0.15, 0.2) is 58.7 Å². The fraction of sp³-hybridized carbons (Fsp3) is 0.553. The maximum atomic E-state index is 14.8. The molecule has 1 aromatic carbocycles. The minimum Gasteiger partial charge on any atom is -0.373 e. The number of carbonyl (C=O) groups is 3. The van der Waals surface area contributed by atoms with Gasteiger partial charge in [-0.25, -0.2) is 4.72 Å². The van der Waals surface area contributed by atoms with Crippen LogP contribution in [0.1, 0.15) is 75.5 Å². The number of piperidine rings is 1. The smallest absolute Gasteiger partial charge is 0.303 e. The fourth-order valence-corrected chi connectivity index (χ4v) is 10.4. The molecule has 1 N–H and O–H groups in total. The van der Waals surface area contributed by atoms with Crippen molar-refractivity contribution in [3.05, 3.63) is 70.0 Å². The Morgan fingerprint density at radius 3 is 2.56 bits per heavy atom. The number of hydrogen-bond donors (Lipinski definition) is 1. The Hall–Kier alpha value is -3.74. The Morgan fingerprint density at radius 1 is 1.06 bits per heavy atom. The topological polar surface area (TPSA) is 121 Å². The van der Waals surface area contributed by atoms with E-state index in [2.05, 4.69) is 33.6 Å². The summed E-state index contributed by atoms with van der Waals surface area (Å²) >= 11 is 0. The number of methoxy groups -OCH3 is 1. The van der Waals surface area contributed by atoms with Gasteiger partial charge in [-0.3, -0.25) is 14.4 Å². The van der Waals surface area contributed by atoms with Gasteiger partial charge in [0.25, 0.3) is 5.91 Å². The van der Waals surface area contributed by atoms with E-state index >= 15 is 0 Å². The Balaban J connectivity index is 1.25. The van der Waals surface area contributed by atoms with Gasteiger partial charge in [-0.2, -0.15) is 12.7 Å². The van der Waals surface area contributed by atoms with Crippen molar-refractivity contribution in [1.29, 1.82) is 0 Å². The second-order valence-corrected chi connectivity index (χ2v) is 17.1. The highest BCUT2D eigenvalue weighted by molar-refractivity contribution is 7.87. The molecule has 50 heavy (non-hydrogen) atoms. The standard InChI is InChI=1S/C38H47N5O6S/c1-23(44)42-18-10-12-25-20-41(22-31(25)42)37(46)27-14-9-13-26-32(27)30-19-24-11-8-15-29(38(49-4)16-6-5-7-17-38)35(24)43(30)21-28-33(26)34(28)36(45)39-50(47,48)40(2)3/h8-9,11,13,15,19,25,27,31-32H,5-7,10,12,14,16-18,20-22H2,1-4H3,(H,39,45)/t25?,27-,31?,32?/m1/s1. The zero-order valence-electron chi connectivity index (χ0n) is 29.4. The first-order valence-corrected chi connectivity index (χ1v) is 19.5. The third-order valence-electron chi connectivity index (χ3n) is 12.4. The number of likely N-dealkylation sites (tertiary alicyclic amines) is 2. The van der Waals surface area contributed by atoms with E-state index in [0.717, 1.165) is 88.3 Å². The highest BCUT2D eigenvalue weighted by Gasteiger charge is 2.50. The van der Waals surface area contributed by atoms with Crippen LogP contribution in [0.25, 0.3) is 10.9 Å². The summed E-state index contributed by atoms with van der Waals surface area (Å²) in [5.41, 5.74) is 5.62. The number of allylic oxidation sites excluding steroid dienone is 4. The predicted octanol–water partition coefficient (Wildman–Crippen LogP) is 4.12. The molecule has 12 heteroatoms. The minimum atomic E-state index is -4.01. The number of carbonyl (C=O) groups excluding carboxylic acids is 3. The van der Waals surface area contributed by atoms with Gasteiger partial charge >= 0.3 is 10.2 Å². The number of hydrogen-bond acceptors (Lipinski definition) is 6. The van der Waals surface area contributed by atoms with E-state index in [1.54, 1.807) is 14.0 Å². The lowest BCUT2D eigenvalue weighted by molar-refractivity contribution is -0.136. The van der Waals surface area contributed by atoms with Gasteiger partial charge < -0.3 is 19.1 Å². The highest BCUT2D eigenvalue weighted by atomic mass is 32.2. The van der Waals surface area contributed by atoms with Gasteiger partial charge in [0.05, 0.1) is 28.7 Å². The van der Waals surface area contributed by atoms with E-state index in [0.29, 0.717) is 31.6 Å². The molecule has 4 atom stereocenters. The van der Waals surface area contributed by atoms with E-state index in [9.17, 15) is 22.8 Å². The molecule has 3 fully saturated rings. The number of ether oxygens (including phenoxy) is 1. The van der Waals surface area contributed by atoms with Gasteiger partial charge in [0.15, 0.2) is 0 Å². The first kappa shape index (κ1) is 33.4. The zero-order valence-corrected chi connectivity index (χ0v) is 30.2. The van der Waals surface area contributed by atoms with E-state index < -0.39 is 27.6 Å². The third-order valence-corrected chi connectivity index (χ3v) is 13.8. The molecule has 3 unspecified atom stereocenters. The molecular formula is C38H47N5O6S. The molecule has 3 aliphatic carbocycles. The van der Waals surface area contributed by atoms with E-state index in [1.165, 1.54) is 20.5 Å². The molecule has 0 radical (unpaired) electrons.